The van der Waals surface area contributed by atoms with Crippen LogP contribution in [0.1, 0.15) is 29.5 Å². The van der Waals surface area contributed by atoms with Crippen LogP contribution in [0.25, 0.3) is 0 Å². The quantitative estimate of drug-likeness (QED) is 0.557. The number of ether oxygens (including phenoxy) is 1. The Bertz CT molecular complexity index is 1470. The molecule has 0 aliphatic carbocycles. The molecule has 2 N–H and O–H groups in total. The molecule has 0 spiro atoms. The number of benzene rings is 3. The first-order valence-electron chi connectivity index (χ1n) is 10.2. The first kappa shape index (κ1) is 23.1. The zero-order chi connectivity index (χ0) is 24.7. The third-order valence-electron chi connectivity index (χ3n) is 5.69. The van der Waals surface area contributed by atoms with Gasteiger partial charge in [0.2, 0.25) is 0 Å². The second-order valence-electron chi connectivity index (χ2n) is 7.48. The number of halogens is 1. The summed E-state index contributed by atoms with van der Waals surface area (Å²) in [7, 11) is -4.84. The van der Waals surface area contributed by atoms with Crippen LogP contribution in [0.4, 0.5) is 14.9 Å². The normalized spacial score (nSPS) is 19.3. The summed E-state index contributed by atoms with van der Waals surface area (Å²) in [6, 6.07) is 15.2. The second-order valence-corrected chi connectivity index (χ2v) is 9.45. The molecule has 1 heterocycles. The van der Waals surface area contributed by atoms with Crippen LogP contribution < -0.4 is 14.4 Å². The van der Waals surface area contributed by atoms with Gasteiger partial charge in [0.25, 0.3) is 0 Å². The maximum absolute atomic E-state index is 14.8. The molecule has 0 radical (unpaired) electrons. The number of sulfonamides is 1. The van der Waals surface area contributed by atoms with Crippen LogP contribution in [0, 0.1) is 17.1 Å². The van der Waals surface area contributed by atoms with Crippen molar-refractivity contribution >= 4 is 27.6 Å². The zero-order valence-electron chi connectivity index (χ0n) is 17.9. The highest BCUT2D eigenvalue weighted by molar-refractivity contribution is 7.92. The van der Waals surface area contributed by atoms with Gasteiger partial charge in [-0.3, -0.25) is 0 Å². The van der Waals surface area contributed by atoms with Gasteiger partial charge in [-0.2, -0.15) is 13.7 Å². The van der Waals surface area contributed by atoms with Gasteiger partial charge >= 0.3 is 22.0 Å². The Morgan fingerprint density at radius 1 is 1.12 bits per heavy atom. The number of nitrogens with zero attached hydrogens (tertiary/aromatic N) is 2. The molecule has 0 saturated heterocycles. The van der Waals surface area contributed by atoms with Gasteiger partial charge in [0.05, 0.1) is 12.2 Å². The maximum Gasteiger partial charge on any atom is 0.442 e. The molecular formula is C24H19FN3O5S+. The highest BCUT2D eigenvalue weighted by Crippen LogP contribution is 2.51. The Morgan fingerprint density at radius 3 is 2.38 bits per heavy atom. The predicted molar refractivity (Wildman–Crippen MR) is 121 cm³/mol. The van der Waals surface area contributed by atoms with Crippen LogP contribution in [-0.4, -0.2) is 27.0 Å². The molecule has 1 aliphatic heterocycles. The number of quaternary nitrogens is 1. The Labute approximate surface area is 195 Å². The minimum absolute atomic E-state index is 0.0200. The van der Waals surface area contributed by atoms with Gasteiger partial charge in [-0.25, -0.2) is 14.0 Å². The van der Waals surface area contributed by atoms with Crippen molar-refractivity contribution < 1.29 is 27.1 Å². The molecule has 3 aromatic rings. The third-order valence-corrected chi connectivity index (χ3v) is 7.83. The van der Waals surface area contributed by atoms with Crippen molar-refractivity contribution in [3.63, 3.8) is 0 Å². The van der Waals surface area contributed by atoms with Crippen LogP contribution in [0.2, 0.25) is 0 Å². The van der Waals surface area contributed by atoms with Crippen molar-refractivity contribution in [1.29, 1.82) is 5.26 Å². The summed E-state index contributed by atoms with van der Waals surface area (Å²) in [6.07, 6.45) is 0. The Kier molecular flexibility index (Phi) is 5.69. The molecule has 2 atom stereocenters. The number of primary amides is 1. The van der Waals surface area contributed by atoms with Gasteiger partial charge in [-0.1, -0.05) is 36.4 Å². The number of hydrogen-bond acceptors (Lipinski definition) is 6. The number of carbonyl (C=O) groups excluding carboxylic acids is 2. The first-order valence-corrected chi connectivity index (χ1v) is 11.6. The van der Waals surface area contributed by atoms with E-state index in [4.69, 9.17) is 10.5 Å². The van der Waals surface area contributed by atoms with Crippen molar-refractivity contribution in [1.82, 2.24) is 3.89 Å². The molecule has 3 amide bonds. The summed E-state index contributed by atoms with van der Waals surface area (Å²) < 4.78 is 46.2. The van der Waals surface area contributed by atoms with Crippen LogP contribution in [-0.2, 0) is 14.8 Å². The number of fused-ring (bicyclic) bond motifs is 1. The number of para-hydroxylation sites is 1. The molecule has 34 heavy (non-hydrogen) atoms. The lowest BCUT2D eigenvalue weighted by Crippen LogP contribution is -2.63. The number of hydrogen-bond donors (Lipinski definition) is 1. The van der Waals surface area contributed by atoms with E-state index in [-0.39, 0.29) is 28.4 Å². The largest absolute Gasteiger partial charge is 0.494 e. The van der Waals surface area contributed by atoms with Gasteiger partial charge in [0.15, 0.2) is 5.69 Å². The van der Waals surface area contributed by atoms with E-state index in [1.807, 2.05) is 0 Å². The Morgan fingerprint density at radius 2 is 1.76 bits per heavy atom. The predicted octanol–water partition coefficient (Wildman–Crippen LogP) is 3.54. The molecule has 8 nitrogen and oxygen atoms in total. The zero-order valence-corrected chi connectivity index (χ0v) is 18.8. The summed E-state index contributed by atoms with van der Waals surface area (Å²) in [4.78, 5) is 26.6. The Hall–Kier alpha value is -4.07. The lowest BCUT2D eigenvalue weighted by Gasteiger charge is -2.26. The fraction of sp³-hybridized carbons (Fsp3) is 0.125. The monoisotopic (exact) mass is 480 g/mol. The van der Waals surface area contributed by atoms with Crippen molar-refractivity contribution in [2.75, 3.05) is 6.61 Å². The number of rotatable bonds is 5. The molecule has 0 fully saturated rings. The van der Waals surface area contributed by atoms with Crippen molar-refractivity contribution in [2.45, 2.75) is 17.7 Å². The molecule has 2 unspecified atom stereocenters. The molecule has 0 aromatic heterocycles. The number of urea groups is 1. The minimum atomic E-state index is -4.84. The maximum atomic E-state index is 14.8. The second kappa shape index (κ2) is 8.37. The molecular weight excluding hydrogens is 461 g/mol. The third kappa shape index (κ3) is 3.09. The molecule has 1 aliphatic rings. The molecule has 172 valence electrons. The van der Waals surface area contributed by atoms with E-state index in [1.54, 1.807) is 43.3 Å². The summed E-state index contributed by atoms with van der Waals surface area (Å²) in [5, 5.41) is 9.37. The highest BCUT2D eigenvalue weighted by Gasteiger charge is 2.67. The lowest BCUT2D eigenvalue weighted by molar-refractivity contribution is -0.123. The number of nitriles is 1. The molecule has 10 heteroatoms. The average molecular weight is 480 g/mol. The molecule has 0 bridgehead atoms. The topological polar surface area (TPSA) is 127 Å². The van der Waals surface area contributed by atoms with Crippen LogP contribution in [0.3, 0.4) is 0 Å². The average Bonchev–Trinajstić information content (AvgIpc) is 3.08. The van der Waals surface area contributed by atoms with E-state index in [0.29, 0.717) is 0 Å². The number of carbonyl (C=O) groups is 2. The minimum Gasteiger partial charge on any atom is -0.494 e. The standard InChI is InChI=1S/C24H18FN3O5S/c1-2-33-21-11-7-6-10-17(21)22-18-12-15(14-26)19(25)13-20(18)28(23(22)29,24(27)30)34(31,32)16-8-4-3-5-9-16/h3-13,22H,2H2,1H3,(H-,27,30)/p+1. The molecule has 4 rings (SSSR count). The number of amides is 3. The molecule has 3 aromatic carbocycles. The molecule has 0 saturated carbocycles. The van der Waals surface area contributed by atoms with Gasteiger partial charge < -0.3 is 10.5 Å². The van der Waals surface area contributed by atoms with Gasteiger partial charge in [-0.15, -0.1) is 0 Å². The van der Waals surface area contributed by atoms with Crippen LogP contribution in [0.5, 0.6) is 5.75 Å². The van der Waals surface area contributed by atoms with E-state index in [0.717, 1.165) is 12.1 Å². The fourth-order valence-corrected chi connectivity index (χ4v) is 6.07. The van der Waals surface area contributed by atoms with Gasteiger partial charge in [0.1, 0.15) is 28.4 Å². The smallest absolute Gasteiger partial charge is 0.442 e. The summed E-state index contributed by atoms with van der Waals surface area (Å²) >= 11 is 0. The van der Waals surface area contributed by atoms with Gasteiger partial charge in [0, 0.05) is 17.2 Å². The van der Waals surface area contributed by atoms with Crippen molar-refractivity contribution in [3.05, 3.63) is 89.2 Å². The van der Waals surface area contributed by atoms with E-state index < -0.39 is 48.8 Å². The fourth-order valence-electron chi connectivity index (χ4n) is 4.25. The SMILES string of the molecule is CCOc1ccccc1C1C(=O)[N+](C(N)=O)(S(=O)(=O)c2ccccc2)c2cc(F)c(C#N)cc21. The summed E-state index contributed by atoms with van der Waals surface area (Å²) in [5.41, 5.74) is 5.00. The Balaban J connectivity index is 2.13. The van der Waals surface area contributed by atoms with Gasteiger partial charge in [-0.05, 0) is 35.1 Å². The first-order chi connectivity index (χ1) is 16.2. The van der Waals surface area contributed by atoms with E-state index in [9.17, 15) is 27.7 Å². The van der Waals surface area contributed by atoms with E-state index in [1.165, 1.54) is 24.3 Å². The van der Waals surface area contributed by atoms with Crippen LogP contribution in [0.15, 0.2) is 71.6 Å². The number of nitrogens with two attached hydrogens (primary N) is 1. The van der Waals surface area contributed by atoms with Crippen molar-refractivity contribution in [2.24, 2.45) is 5.73 Å². The van der Waals surface area contributed by atoms with Crippen molar-refractivity contribution in [3.8, 4) is 11.8 Å². The number of imide groups is 1. The van der Waals surface area contributed by atoms with E-state index >= 15 is 0 Å². The van der Waals surface area contributed by atoms with Crippen LogP contribution >= 0.6 is 0 Å². The highest BCUT2D eigenvalue weighted by atomic mass is 32.2. The summed E-state index contributed by atoms with van der Waals surface area (Å²) in [5.74, 6) is -3.29. The summed E-state index contributed by atoms with van der Waals surface area (Å²) in [6.45, 7) is 1.98. The lowest BCUT2D eigenvalue weighted by atomic mass is 9.91. The van der Waals surface area contributed by atoms with E-state index in [2.05, 4.69) is 0 Å².